The quantitative estimate of drug-likeness (QED) is 0.789. The first-order chi connectivity index (χ1) is 9.81. The summed E-state index contributed by atoms with van der Waals surface area (Å²) in [7, 11) is 0. The Morgan fingerprint density at radius 1 is 1.10 bits per heavy atom. The molecule has 0 radical (unpaired) electrons. The summed E-state index contributed by atoms with van der Waals surface area (Å²) in [6.07, 6.45) is 3.36. The van der Waals surface area contributed by atoms with Gasteiger partial charge in [0.05, 0.1) is 17.9 Å². The van der Waals surface area contributed by atoms with E-state index in [4.69, 9.17) is 0 Å². The lowest BCUT2D eigenvalue weighted by atomic mass is 10.2. The zero-order valence-electron chi connectivity index (χ0n) is 11.7. The predicted molar refractivity (Wildman–Crippen MR) is 80.7 cm³/mol. The van der Waals surface area contributed by atoms with Gasteiger partial charge in [-0.3, -0.25) is 0 Å². The number of benzene rings is 1. The fraction of sp³-hybridized carbons (Fsp3) is 0.267. The van der Waals surface area contributed by atoms with Gasteiger partial charge < -0.3 is 9.88 Å². The van der Waals surface area contributed by atoms with Gasteiger partial charge in [0.1, 0.15) is 11.3 Å². The molecule has 0 fully saturated rings. The number of H-pyrrole nitrogens is 1. The number of hydrogen-bond donors (Lipinski definition) is 1. The Labute approximate surface area is 117 Å². The van der Waals surface area contributed by atoms with Crippen LogP contribution in [0.2, 0.25) is 0 Å². The van der Waals surface area contributed by atoms with Crippen LogP contribution in [0.15, 0.2) is 36.7 Å². The van der Waals surface area contributed by atoms with E-state index in [0.29, 0.717) is 0 Å². The summed E-state index contributed by atoms with van der Waals surface area (Å²) in [5.41, 5.74) is 4.03. The van der Waals surface area contributed by atoms with Crippen molar-refractivity contribution >= 4 is 16.7 Å². The van der Waals surface area contributed by atoms with Gasteiger partial charge in [0.2, 0.25) is 0 Å². The maximum atomic E-state index is 4.56. The van der Waals surface area contributed by atoms with Gasteiger partial charge >= 0.3 is 0 Å². The molecule has 0 amide bonds. The van der Waals surface area contributed by atoms with Crippen LogP contribution >= 0.6 is 0 Å². The number of fused-ring (bicyclic) bond motifs is 1. The molecule has 0 aliphatic carbocycles. The number of nitrogens with one attached hydrogen (secondary N) is 1. The van der Waals surface area contributed by atoms with Crippen LogP contribution in [0.1, 0.15) is 13.8 Å². The third-order valence-corrected chi connectivity index (χ3v) is 3.44. The molecule has 5 heteroatoms. The van der Waals surface area contributed by atoms with Gasteiger partial charge in [-0.1, -0.05) is 12.1 Å². The number of rotatable bonds is 4. The molecule has 0 aliphatic rings. The number of aromatic nitrogens is 4. The molecule has 0 unspecified atom stereocenters. The van der Waals surface area contributed by atoms with Crippen LogP contribution in [-0.4, -0.2) is 33.3 Å². The van der Waals surface area contributed by atoms with E-state index in [1.165, 1.54) is 5.69 Å². The Bertz CT molecular complexity index is 682. The highest BCUT2D eigenvalue weighted by atomic mass is 15.1. The zero-order valence-corrected chi connectivity index (χ0v) is 11.7. The van der Waals surface area contributed by atoms with Crippen molar-refractivity contribution in [1.29, 1.82) is 0 Å². The fourth-order valence-electron chi connectivity index (χ4n) is 2.35. The first-order valence-electron chi connectivity index (χ1n) is 6.83. The van der Waals surface area contributed by atoms with Crippen LogP contribution in [-0.2, 0) is 0 Å². The molecule has 20 heavy (non-hydrogen) atoms. The zero-order chi connectivity index (χ0) is 13.9. The summed E-state index contributed by atoms with van der Waals surface area (Å²) in [5.74, 6) is 0.851. The van der Waals surface area contributed by atoms with Gasteiger partial charge in [-0.05, 0) is 26.0 Å². The smallest absolute Gasteiger partial charge is 0.138 e. The molecule has 102 valence electrons. The molecule has 0 spiro atoms. The average Bonchev–Trinajstić information content (AvgIpc) is 2.93. The van der Waals surface area contributed by atoms with E-state index in [0.717, 1.165) is 35.5 Å². The van der Waals surface area contributed by atoms with Crippen molar-refractivity contribution in [2.45, 2.75) is 13.8 Å². The summed E-state index contributed by atoms with van der Waals surface area (Å²) in [6, 6.07) is 8.41. The molecule has 0 saturated heterocycles. The lowest BCUT2D eigenvalue weighted by molar-refractivity contribution is 0.866. The summed E-state index contributed by atoms with van der Waals surface area (Å²) < 4.78 is 0. The highest BCUT2D eigenvalue weighted by Gasteiger charge is 2.08. The third kappa shape index (κ3) is 2.22. The number of anilines is 1. The molecule has 0 atom stereocenters. The minimum Gasteiger partial charge on any atom is -0.372 e. The Morgan fingerprint density at radius 3 is 2.65 bits per heavy atom. The van der Waals surface area contributed by atoms with Crippen LogP contribution in [0.4, 0.5) is 5.69 Å². The van der Waals surface area contributed by atoms with Gasteiger partial charge in [0, 0.05) is 24.3 Å². The Morgan fingerprint density at radius 2 is 1.90 bits per heavy atom. The van der Waals surface area contributed by atoms with E-state index in [1.54, 1.807) is 12.4 Å². The van der Waals surface area contributed by atoms with E-state index in [9.17, 15) is 0 Å². The maximum absolute atomic E-state index is 4.56. The van der Waals surface area contributed by atoms with E-state index < -0.39 is 0 Å². The molecule has 0 saturated carbocycles. The van der Waals surface area contributed by atoms with Gasteiger partial charge in [0.15, 0.2) is 0 Å². The van der Waals surface area contributed by atoms with E-state index >= 15 is 0 Å². The normalized spacial score (nSPS) is 10.9. The molecule has 0 bridgehead atoms. The monoisotopic (exact) mass is 267 g/mol. The highest BCUT2D eigenvalue weighted by Crippen LogP contribution is 2.24. The van der Waals surface area contributed by atoms with Crippen LogP contribution in [0.5, 0.6) is 0 Å². The van der Waals surface area contributed by atoms with Crippen molar-refractivity contribution in [2.24, 2.45) is 0 Å². The maximum Gasteiger partial charge on any atom is 0.138 e. The molecule has 1 N–H and O–H groups in total. The van der Waals surface area contributed by atoms with Crippen molar-refractivity contribution in [1.82, 2.24) is 20.2 Å². The molecular formula is C15H17N5. The van der Waals surface area contributed by atoms with Gasteiger partial charge in [-0.15, -0.1) is 0 Å². The average molecular weight is 267 g/mol. The standard InChI is InChI=1S/C15H17N5/c1-3-20(4-2)12-7-5-6-11(8-12)15-18-13-9-16-17-10-14(13)19-15/h5-10H,3-4H2,1-2H3,(H,18,19). The number of imidazole rings is 1. The van der Waals surface area contributed by atoms with Crippen molar-refractivity contribution in [3.63, 3.8) is 0 Å². The van der Waals surface area contributed by atoms with E-state index in [1.807, 2.05) is 0 Å². The first-order valence-corrected chi connectivity index (χ1v) is 6.83. The number of aromatic amines is 1. The molecular weight excluding hydrogens is 250 g/mol. The van der Waals surface area contributed by atoms with Crippen molar-refractivity contribution < 1.29 is 0 Å². The molecule has 3 rings (SSSR count). The topological polar surface area (TPSA) is 57.7 Å². The number of hydrogen-bond acceptors (Lipinski definition) is 4. The summed E-state index contributed by atoms with van der Waals surface area (Å²) in [6.45, 7) is 6.31. The van der Waals surface area contributed by atoms with Crippen LogP contribution in [0, 0.1) is 0 Å². The largest absolute Gasteiger partial charge is 0.372 e. The number of nitrogens with zero attached hydrogens (tertiary/aromatic N) is 4. The second-order valence-corrected chi connectivity index (χ2v) is 4.60. The van der Waals surface area contributed by atoms with Gasteiger partial charge in [-0.2, -0.15) is 10.2 Å². The molecule has 2 heterocycles. The summed E-state index contributed by atoms with van der Waals surface area (Å²) >= 11 is 0. The third-order valence-electron chi connectivity index (χ3n) is 3.44. The van der Waals surface area contributed by atoms with Crippen molar-refractivity contribution in [3.05, 3.63) is 36.7 Å². The van der Waals surface area contributed by atoms with Gasteiger partial charge in [0.25, 0.3) is 0 Å². The second kappa shape index (κ2) is 5.28. The first kappa shape index (κ1) is 12.6. The van der Waals surface area contributed by atoms with Crippen molar-refractivity contribution in [3.8, 4) is 11.4 Å². The van der Waals surface area contributed by atoms with E-state index in [2.05, 4.69) is 63.2 Å². The second-order valence-electron chi connectivity index (χ2n) is 4.60. The minimum absolute atomic E-state index is 0.836. The molecule has 0 aliphatic heterocycles. The predicted octanol–water partition coefficient (Wildman–Crippen LogP) is 2.87. The Hall–Kier alpha value is -2.43. The lowest BCUT2D eigenvalue weighted by Gasteiger charge is -2.21. The SMILES string of the molecule is CCN(CC)c1cccc(-c2nc3cnncc3[nH]2)c1. The minimum atomic E-state index is 0.836. The van der Waals surface area contributed by atoms with E-state index in [-0.39, 0.29) is 0 Å². The lowest BCUT2D eigenvalue weighted by Crippen LogP contribution is -2.21. The molecule has 1 aromatic carbocycles. The Balaban J connectivity index is 2.03. The summed E-state index contributed by atoms with van der Waals surface area (Å²) in [5, 5.41) is 7.71. The summed E-state index contributed by atoms with van der Waals surface area (Å²) in [4.78, 5) is 10.2. The van der Waals surface area contributed by atoms with Crippen LogP contribution in [0.3, 0.4) is 0 Å². The van der Waals surface area contributed by atoms with Crippen LogP contribution in [0.25, 0.3) is 22.4 Å². The fourth-order valence-corrected chi connectivity index (χ4v) is 2.35. The van der Waals surface area contributed by atoms with Gasteiger partial charge in [-0.25, -0.2) is 4.98 Å². The highest BCUT2D eigenvalue weighted by molar-refractivity contribution is 5.78. The Kier molecular flexibility index (Phi) is 3.33. The molecule has 5 nitrogen and oxygen atoms in total. The molecule has 3 aromatic rings. The molecule has 2 aromatic heterocycles. The van der Waals surface area contributed by atoms with Crippen molar-refractivity contribution in [2.75, 3.05) is 18.0 Å². The van der Waals surface area contributed by atoms with Crippen LogP contribution < -0.4 is 4.90 Å².